The number of ether oxygens (including phenoxy) is 1. The van der Waals surface area contributed by atoms with Crippen LogP contribution in [0.15, 0.2) is 0 Å². The Labute approximate surface area is 75.9 Å². The van der Waals surface area contributed by atoms with E-state index >= 15 is 0 Å². The van der Waals surface area contributed by atoms with Gasteiger partial charge in [0.1, 0.15) is 0 Å². The van der Waals surface area contributed by atoms with E-state index in [0.29, 0.717) is 17.6 Å². The van der Waals surface area contributed by atoms with Crippen LogP contribution in [-0.2, 0) is 4.74 Å². The van der Waals surface area contributed by atoms with Crippen LogP contribution in [-0.4, -0.2) is 37.2 Å². The molecule has 1 atom stereocenters. The molecule has 0 aromatic heterocycles. The van der Waals surface area contributed by atoms with Crippen LogP contribution in [0.1, 0.15) is 27.7 Å². The van der Waals surface area contributed by atoms with Crippen molar-refractivity contribution in [1.82, 2.24) is 4.90 Å². The molecule has 0 bridgehead atoms. The van der Waals surface area contributed by atoms with Crippen molar-refractivity contribution in [2.45, 2.75) is 39.8 Å². The molecule has 1 unspecified atom stereocenters. The molecule has 12 heavy (non-hydrogen) atoms. The fourth-order valence-corrected chi connectivity index (χ4v) is 1.48. The van der Waals surface area contributed by atoms with E-state index in [1.165, 1.54) is 0 Å². The molecule has 0 radical (unpaired) electrons. The number of nitrogens with zero attached hydrogens (tertiary/aromatic N) is 1. The molecule has 1 aliphatic rings. The Morgan fingerprint density at radius 3 is 2.17 bits per heavy atom. The highest BCUT2D eigenvalue weighted by Gasteiger charge is 2.35. The molecule has 0 saturated carbocycles. The van der Waals surface area contributed by atoms with Crippen molar-refractivity contribution in [3.05, 3.63) is 0 Å². The van der Waals surface area contributed by atoms with Gasteiger partial charge in [-0.1, -0.05) is 20.8 Å². The molecule has 1 heterocycles. The van der Waals surface area contributed by atoms with Gasteiger partial charge in [0.25, 0.3) is 0 Å². The summed E-state index contributed by atoms with van der Waals surface area (Å²) in [5, 5.41) is 0. The summed E-state index contributed by atoms with van der Waals surface area (Å²) in [6.07, 6.45) is 0.481. The SMILES string of the molecule is COC1CN(C(C)C(C)(C)C)C1. The molecule has 2 heteroatoms. The van der Waals surface area contributed by atoms with Crippen molar-refractivity contribution in [1.29, 1.82) is 0 Å². The molecule has 1 aliphatic heterocycles. The van der Waals surface area contributed by atoms with Crippen molar-refractivity contribution in [2.75, 3.05) is 20.2 Å². The van der Waals surface area contributed by atoms with Crippen molar-refractivity contribution in [3.8, 4) is 0 Å². The Morgan fingerprint density at radius 2 is 1.83 bits per heavy atom. The molecule has 1 saturated heterocycles. The molecule has 0 N–H and O–H groups in total. The van der Waals surface area contributed by atoms with E-state index in [2.05, 4.69) is 32.6 Å². The second kappa shape index (κ2) is 3.35. The lowest BCUT2D eigenvalue weighted by molar-refractivity contribution is -0.0677. The molecule has 0 aromatic carbocycles. The number of rotatable bonds is 2. The second-order valence-electron chi connectivity index (χ2n) is 4.85. The summed E-state index contributed by atoms with van der Waals surface area (Å²) in [6, 6.07) is 0.656. The first kappa shape index (κ1) is 10.0. The zero-order valence-electron chi connectivity index (χ0n) is 8.92. The summed E-state index contributed by atoms with van der Waals surface area (Å²) in [5.74, 6) is 0. The molecule has 2 nitrogen and oxygen atoms in total. The Bertz CT molecular complexity index is 144. The fourth-order valence-electron chi connectivity index (χ4n) is 1.48. The van der Waals surface area contributed by atoms with Crippen LogP contribution in [0.2, 0.25) is 0 Å². The average Bonchev–Trinajstić information content (AvgIpc) is 1.83. The summed E-state index contributed by atoms with van der Waals surface area (Å²) in [7, 11) is 1.80. The molecule has 72 valence electrons. The van der Waals surface area contributed by atoms with Crippen molar-refractivity contribution in [2.24, 2.45) is 5.41 Å². The largest absolute Gasteiger partial charge is 0.379 e. The number of likely N-dealkylation sites (tertiary alicyclic amines) is 1. The first-order valence-electron chi connectivity index (χ1n) is 4.72. The van der Waals surface area contributed by atoms with Gasteiger partial charge in [-0.25, -0.2) is 0 Å². The lowest BCUT2D eigenvalue weighted by Gasteiger charge is -2.47. The van der Waals surface area contributed by atoms with Crippen LogP contribution < -0.4 is 0 Å². The first-order valence-corrected chi connectivity index (χ1v) is 4.72. The predicted octanol–water partition coefficient (Wildman–Crippen LogP) is 1.75. The van der Waals surface area contributed by atoms with Gasteiger partial charge in [-0.3, -0.25) is 4.90 Å². The quantitative estimate of drug-likeness (QED) is 0.627. The zero-order chi connectivity index (χ0) is 9.35. The van der Waals surface area contributed by atoms with E-state index in [-0.39, 0.29) is 0 Å². The minimum Gasteiger partial charge on any atom is -0.379 e. The molecular weight excluding hydrogens is 150 g/mol. The predicted molar refractivity (Wildman–Crippen MR) is 51.3 cm³/mol. The summed E-state index contributed by atoms with van der Waals surface area (Å²) >= 11 is 0. The van der Waals surface area contributed by atoms with E-state index in [1.54, 1.807) is 7.11 Å². The Morgan fingerprint density at radius 1 is 1.33 bits per heavy atom. The van der Waals surface area contributed by atoms with Gasteiger partial charge in [-0.05, 0) is 12.3 Å². The van der Waals surface area contributed by atoms with Crippen LogP contribution in [0.5, 0.6) is 0 Å². The second-order valence-corrected chi connectivity index (χ2v) is 4.85. The zero-order valence-corrected chi connectivity index (χ0v) is 8.92. The van der Waals surface area contributed by atoms with E-state index in [4.69, 9.17) is 4.74 Å². The van der Waals surface area contributed by atoms with Crippen LogP contribution in [0.4, 0.5) is 0 Å². The van der Waals surface area contributed by atoms with E-state index < -0.39 is 0 Å². The van der Waals surface area contributed by atoms with Crippen LogP contribution in [0, 0.1) is 5.41 Å². The van der Waals surface area contributed by atoms with Gasteiger partial charge in [-0.2, -0.15) is 0 Å². The third-order valence-corrected chi connectivity index (χ3v) is 3.01. The smallest absolute Gasteiger partial charge is 0.0825 e. The lowest BCUT2D eigenvalue weighted by atomic mass is 9.85. The van der Waals surface area contributed by atoms with Gasteiger partial charge in [0.15, 0.2) is 0 Å². The first-order chi connectivity index (χ1) is 5.45. The molecule has 1 rings (SSSR count). The molecule has 0 spiro atoms. The Kier molecular flexibility index (Phi) is 2.79. The maximum atomic E-state index is 5.24. The Hall–Kier alpha value is -0.0800. The van der Waals surface area contributed by atoms with Gasteiger partial charge >= 0.3 is 0 Å². The summed E-state index contributed by atoms with van der Waals surface area (Å²) in [5.41, 5.74) is 0.388. The highest BCUT2D eigenvalue weighted by Crippen LogP contribution is 2.27. The van der Waals surface area contributed by atoms with Crippen LogP contribution in [0.3, 0.4) is 0 Å². The van der Waals surface area contributed by atoms with Gasteiger partial charge in [0, 0.05) is 26.2 Å². The van der Waals surface area contributed by atoms with Crippen LogP contribution in [0.25, 0.3) is 0 Å². The van der Waals surface area contributed by atoms with E-state index in [0.717, 1.165) is 13.1 Å². The normalized spacial score (nSPS) is 23.8. The number of hydrogen-bond acceptors (Lipinski definition) is 2. The lowest BCUT2D eigenvalue weighted by Crippen LogP contribution is -2.58. The summed E-state index contributed by atoms with van der Waals surface area (Å²) in [6.45, 7) is 11.4. The fraction of sp³-hybridized carbons (Fsp3) is 1.00. The highest BCUT2D eigenvalue weighted by atomic mass is 16.5. The third kappa shape index (κ3) is 1.99. The summed E-state index contributed by atoms with van der Waals surface area (Å²) in [4.78, 5) is 2.48. The third-order valence-electron chi connectivity index (χ3n) is 3.01. The minimum atomic E-state index is 0.388. The van der Waals surface area contributed by atoms with E-state index in [9.17, 15) is 0 Å². The summed E-state index contributed by atoms with van der Waals surface area (Å²) < 4.78 is 5.24. The Balaban J connectivity index is 2.33. The van der Waals surface area contributed by atoms with Crippen molar-refractivity contribution in [3.63, 3.8) is 0 Å². The molecule has 0 aliphatic carbocycles. The highest BCUT2D eigenvalue weighted by molar-refractivity contribution is 4.89. The number of hydrogen-bond donors (Lipinski definition) is 0. The van der Waals surface area contributed by atoms with E-state index in [1.807, 2.05) is 0 Å². The molecule has 1 fully saturated rings. The minimum absolute atomic E-state index is 0.388. The van der Waals surface area contributed by atoms with Crippen LogP contribution >= 0.6 is 0 Å². The standard InChI is InChI=1S/C10H21NO/c1-8(10(2,3)4)11-6-9(7-11)12-5/h8-9H,6-7H2,1-5H3. The average molecular weight is 171 g/mol. The van der Waals surface area contributed by atoms with Crippen molar-refractivity contribution < 1.29 is 4.74 Å². The van der Waals surface area contributed by atoms with Gasteiger partial charge in [0.05, 0.1) is 6.10 Å². The maximum absolute atomic E-state index is 5.24. The van der Waals surface area contributed by atoms with Gasteiger partial charge in [-0.15, -0.1) is 0 Å². The van der Waals surface area contributed by atoms with Gasteiger partial charge in [0.2, 0.25) is 0 Å². The molecule has 0 aromatic rings. The monoisotopic (exact) mass is 171 g/mol. The topological polar surface area (TPSA) is 12.5 Å². The molecule has 0 amide bonds. The maximum Gasteiger partial charge on any atom is 0.0825 e. The van der Waals surface area contributed by atoms with Gasteiger partial charge < -0.3 is 4.74 Å². The number of methoxy groups -OCH3 is 1. The van der Waals surface area contributed by atoms with Crippen molar-refractivity contribution >= 4 is 0 Å². The molecular formula is C10H21NO.